The number of carbonyl (C=O) groups excluding carboxylic acids is 2. The molecule has 30 heavy (non-hydrogen) atoms. The molecule has 2 amide bonds. The van der Waals surface area contributed by atoms with Crippen molar-refractivity contribution in [1.29, 1.82) is 0 Å². The van der Waals surface area contributed by atoms with Crippen LogP contribution in [0.4, 0.5) is 16.5 Å². The molecule has 4 rings (SSSR count). The minimum absolute atomic E-state index is 0.142. The summed E-state index contributed by atoms with van der Waals surface area (Å²) in [5.41, 5.74) is 0.356. The van der Waals surface area contributed by atoms with Gasteiger partial charge in [0.15, 0.2) is 4.34 Å². The van der Waals surface area contributed by atoms with Crippen LogP contribution in [0.1, 0.15) is 33.6 Å². The van der Waals surface area contributed by atoms with Crippen molar-refractivity contribution in [3.05, 3.63) is 24.3 Å². The third-order valence-electron chi connectivity index (χ3n) is 5.26. The van der Waals surface area contributed by atoms with E-state index >= 15 is 0 Å². The Balaban J connectivity index is 1.45. The second-order valence-corrected chi connectivity index (χ2v) is 10.4. The van der Waals surface area contributed by atoms with Crippen LogP contribution in [0.25, 0.3) is 0 Å². The molecule has 0 bridgehead atoms. The topological polar surface area (TPSA) is 96.5 Å². The van der Waals surface area contributed by atoms with E-state index in [2.05, 4.69) is 20.8 Å². The van der Waals surface area contributed by atoms with Crippen molar-refractivity contribution >= 4 is 51.4 Å². The van der Waals surface area contributed by atoms with Gasteiger partial charge in [-0.25, -0.2) is 0 Å². The van der Waals surface area contributed by atoms with Crippen molar-refractivity contribution < 1.29 is 14.3 Å². The van der Waals surface area contributed by atoms with E-state index in [-0.39, 0.29) is 17.9 Å². The lowest BCUT2D eigenvalue weighted by molar-refractivity contribution is -0.126. The number of aromatic nitrogens is 2. The second kappa shape index (κ2) is 8.52. The monoisotopic (exact) mass is 447 g/mol. The van der Waals surface area contributed by atoms with Crippen LogP contribution in [0.5, 0.6) is 0 Å². The summed E-state index contributed by atoms with van der Waals surface area (Å²) in [4.78, 5) is 27.6. The third-order valence-corrected chi connectivity index (χ3v) is 7.32. The largest absolute Gasteiger partial charge is 0.376 e. The maximum absolute atomic E-state index is 13.4. The molecule has 160 valence electrons. The van der Waals surface area contributed by atoms with Gasteiger partial charge in [-0.05, 0) is 45.7 Å². The lowest BCUT2D eigenvalue weighted by atomic mass is 9.96. The van der Waals surface area contributed by atoms with Crippen molar-refractivity contribution in [2.24, 2.45) is 0 Å². The molecule has 2 aliphatic heterocycles. The fraction of sp³-hybridized carbons (Fsp3) is 0.500. The van der Waals surface area contributed by atoms with Crippen molar-refractivity contribution in [2.45, 2.75) is 54.8 Å². The number of ether oxygens (including phenoxy) is 1. The van der Waals surface area contributed by atoms with Gasteiger partial charge in [-0.1, -0.05) is 35.2 Å². The molecule has 2 aromatic rings. The van der Waals surface area contributed by atoms with Crippen LogP contribution in [0.2, 0.25) is 0 Å². The molecule has 0 unspecified atom stereocenters. The van der Waals surface area contributed by atoms with Gasteiger partial charge in [0, 0.05) is 13.2 Å². The number of thioether (sulfide) groups is 1. The minimum Gasteiger partial charge on any atom is -0.376 e. The normalized spacial score (nSPS) is 21.1. The summed E-state index contributed by atoms with van der Waals surface area (Å²) < 4.78 is 6.31. The Kier molecular flexibility index (Phi) is 5.99. The summed E-state index contributed by atoms with van der Waals surface area (Å²) in [7, 11) is 0. The Hall–Kier alpha value is -2.17. The van der Waals surface area contributed by atoms with Gasteiger partial charge < -0.3 is 15.4 Å². The molecule has 1 saturated heterocycles. The summed E-state index contributed by atoms with van der Waals surface area (Å²) >= 11 is 2.77. The number of nitrogens with zero attached hydrogens (tertiary/aromatic N) is 3. The van der Waals surface area contributed by atoms with Crippen molar-refractivity contribution in [2.75, 3.05) is 28.7 Å². The van der Waals surface area contributed by atoms with Gasteiger partial charge in [-0.3, -0.25) is 14.5 Å². The Bertz CT molecular complexity index is 942. The van der Waals surface area contributed by atoms with Crippen LogP contribution < -0.4 is 15.5 Å². The lowest BCUT2D eigenvalue weighted by Crippen LogP contribution is -2.60. The Labute approximate surface area is 183 Å². The molecule has 0 aliphatic carbocycles. The third kappa shape index (κ3) is 4.17. The Morgan fingerprint density at radius 3 is 3.00 bits per heavy atom. The van der Waals surface area contributed by atoms with Crippen molar-refractivity contribution in [1.82, 2.24) is 10.2 Å². The number of hydrogen-bond donors (Lipinski definition) is 2. The zero-order chi connectivity index (χ0) is 21.3. The summed E-state index contributed by atoms with van der Waals surface area (Å²) in [5, 5.41) is 14.8. The fourth-order valence-corrected chi connectivity index (χ4v) is 5.51. The molecule has 0 saturated carbocycles. The molecular formula is C20H25N5O3S2. The smallest absolute Gasteiger partial charge is 0.250 e. The average Bonchev–Trinajstić information content (AvgIpc) is 3.38. The molecule has 0 radical (unpaired) electrons. The van der Waals surface area contributed by atoms with Gasteiger partial charge in [0.25, 0.3) is 0 Å². The highest BCUT2D eigenvalue weighted by molar-refractivity contribution is 8.02. The van der Waals surface area contributed by atoms with Crippen LogP contribution in [0.15, 0.2) is 28.6 Å². The first-order valence-corrected chi connectivity index (χ1v) is 11.7. The maximum Gasteiger partial charge on any atom is 0.250 e. The predicted molar refractivity (Wildman–Crippen MR) is 119 cm³/mol. The zero-order valence-corrected chi connectivity index (χ0v) is 18.8. The van der Waals surface area contributed by atoms with E-state index in [0.717, 1.165) is 24.6 Å². The minimum atomic E-state index is -0.991. The molecule has 8 nitrogen and oxygen atoms in total. The molecule has 0 spiro atoms. The first-order chi connectivity index (χ1) is 14.4. The zero-order valence-electron chi connectivity index (χ0n) is 17.2. The molecule has 1 aromatic carbocycles. The van der Waals surface area contributed by atoms with E-state index in [4.69, 9.17) is 4.74 Å². The molecule has 1 fully saturated rings. The number of benzene rings is 1. The SMILES string of the molecule is C[C@@H](Sc1nnc(NC[C@H]2CCCO2)s1)C(=O)N1c2ccccc2NC(=O)C1(C)C. The number of para-hydroxylation sites is 2. The van der Waals surface area contributed by atoms with E-state index in [9.17, 15) is 9.59 Å². The fourth-order valence-electron chi connectivity index (χ4n) is 3.57. The van der Waals surface area contributed by atoms with E-state index < -0.39 is 10.8 Å². The van der Waals surface area contributed by atoms with Gasteiger partial charge in [-0.2, -0.15) is 0 Å². The summed E-state index contributed by atoms with van der Waals surface area (Å²) in [6.45, 7) is 6.87. The number of hydrogen-bond acceptors (Lipinski definition) is 8. The van der Waals surface area contributed by atoms with Crippen LogP contribution in [0.3, 0.4) is 0 Å². The lowest BCUT2D eigenvalue weighted by Gasteiger charge is -2.42. The number of nitrogens with one attached hydrogen (secondary N) is 2. The number of amides is 2. The van der Waals surface area contributed by atoms with Gasteiger partial charge in [0.05, 0.1) is 22.7 Å². The molecule has 2 aliphatic rings. The summed E-state index contributed by atoms with van der Waals surface area (Å²) in [6, 6.07) is 7.35. The molecular weight excluding hydrogens is 422 g/mol. The summed E-state index contributed by atoms with van der Waals surface area (Å²) in [6.07, 6.45) is 2.37. The highest BCUT2D eigenvalue weighted by Crippen LogP contribution is 2.39. The first kappa shape index (κ1) is 21.1. The second-order valence-electron chi connectivity index (χ2n) is 7.85. The van der Waals surface area contributed by atoms with Gasteiger partial charge in [0.2, 0.25) is 16.9 Å². The standard InChI is InChI=1S/C20H25N5O3S2/c1-12(29-19-24-23-18(30-19)21-11-13-7-6-10-28-13)16(26)25-15-9-5-4-8-14(15)22-17(27)20(25,2)3/h4-5,8-9,12-13H,6-7,10-11H2,1-3H3,(H,21,23)(H,22,27)/t12-,13-/m1/s1. The first-order valence-electron chi connectivity index (χ1n) is 9.96. The average molecular weight is 448 g/mol. The molecule has 1 aromatic heterocycles. The van der Waals surface area contributed by atoms with Gasteiger partial charge >= 0.3 is 0 Å². The molecule has 2 atom stereocenters. The van der Waals surface area contributed by atoms with Crippen molar-refractivity contribution in [3.63, 3.8) is 0 Å². The van der Waals surface area contributed by atoms with E-state index in [0.29, 0.717) is 22.3 Å². The van der Waals surface area contributed by atoms with Crippen molar-refractivity contribution in [3.8, 4) is 0 Å². The Morgan fingerprint density at radius 1 is 1.43 bits per heavy atom. The number of rotatable bonds is 6. The predicted octanol–water partition coefficient (Wildman–Crippen LogP) is 3.37. The Morgan fingerprint density at radius 2 is 2.23 bits per heavy atom. The van der Waals surface area contributed by atoms with Crippen LogP contribution in [-0.2, 0) is 14.3 Å². The highest BCUT2D eigenvalue weighted by atomic mass is 32.2. The van der Waals surface area contributed by atoms with Crippen LogP contribution in [-0.4, -0.2) is 52.1 Å². The number of anilines is 3. The molecule has 10 heteroatoms. The van der Waals surface area contributed by atoms with Gasteiger partial charge in [0.1, 0.15) is 5.54 Å². The highest BCUT2D eigenvalue weighted by Gasteiger charge is 2.44. The van der Waals surface area contributed by atoms with Crippen LogP contribution >= 0.6 is 23.1 Å². The maximum atomic E-state index is 13.4. The number of carbonyl (C=O) groups is 2. The molecule has 3 heterocycles. The van der Waals surface area contributed by atoms with Crippen LogP contribution in [0, 0.1) is 0 Å². The van der Waals surface area contributed by atoms with Gasteiger partial charge in [-0.15, -0.1) is 10.2 Å². The number of fused-ring (bicyclic) bond motifs is 1. The summed E-state index contributed by atoms with van der Waals surface area (Å²) in [5.74, 6) is -0.348. The molecule has 2 N–H and O–H groups in total. The van der Waals surface area contributed by atoms with E-state index in [1.165, 1.54) is 23.1 Å². The van der Waals surface area contributed by atoms with E-state index in [1.54, 1.807) is 24.8 Å². The van der Waals surface area contributed by atoms with E-state index in [1.807, 2.05) is 25.1 Å². The quantitative estimate of drug-likeness (QED) is 0.655.